The molecule has 3 aromatic carbocycles. The van der Waals surface area contributed by atoms with Crippen LogP contribution in [0.4, 0.5) is 5.69 Å². The summed E-state index contributed by atoms with van der Waals surface area (Å²) < 4.78 is 6.51. The number of carbonyl (C=O) groups is 1. The maximum Gasteiger partial charge on any atom is 0.254 e. The minimum Gasteiger partial charge on any atom is -0.497 e. The first kappa shape index (κ1) is 28.7. The molecule has 1 unspecified atom stereocenters. The maximum absolute atomic E-state index is 13.4. The SMILES string of the molecule is COc1ccc(CNC(=O)C(Cc2ccccc2)n2cnc(-c3cc(Cl)ccc3N(N)/C=C(\N)Cl)cc2=O)cc1. The number of ether oxygens (including phenoxy) is 1. The minimum atomic E-state index is -0.849. The summed E-state index contributed by atoms with van der Waals surface area (Å²) in [5.74, 6) is 6.50. The number of rotatable bonds is 10. The highest BCUT2D eigenvalue weighted by Crippen LogP contribution is 2.31. The van der Waals surface area contributed by atoms with Gasteiger partial charge in [0.2, 0.25) is 5.91 Å². The Hall–Kier alpha value is -4.31. The van der Waals surface area contributed by atoms with Crippen LogP contribution in [0.5, 0.6) is 5.75 Å². The van der Waals surface area contributed by atoms with Gasteiger partial charge in [0.25, 0.3) is 5.56 Å². The zero-order valence-electron chi connectivity index (χ0n) is 21.6. The molecule has 0 saturated heterocycles. The van der Waals surface area contributed by atoms with Crippen molar-refractivity contribution in [2.45, 2.75) is 19.0 Å². The minimum absolute atomic E-state index is 0.0313. The standard InChI is InChI=1S/C29H28Cl2N6O3/c1-40-22-10-7-20(8-11-22)16-34-29(39)26(13-19-5-3-2-4-6-19)36-18-35-24(15-28(36)38)23-14-21(30)9-12-25(23)37(33)17-27(31)32/h2-12,14-15,17-18,26H,13,16,32-33H2,1H3,(H,34,39)/b27-17-. The topological polar surface area (TPSA) is 128 Å². The van der Waals surface area contributed by atoms with Gasteiger partial charge >= 0.3 is 0 Å². The predicted octanol–water partition coefficient (Wildman–Crippen LogP) is 4.35. The fraction of sp³-hybridized carbons (Fsp3) is 0.138. The first-order valence-corrected chi connectivity index (χ1v) is 13.0. The van der Waals surface area contributed by atoms with E-state index in [1.54, 1.807) is 25.3 Å². The Bertz CT molecular complexity index is 1550. The van der Waals surface area contributed by atoms with E-state index in [2.05, 4.69) is 10.3 Å². The molecule has 40 heavy (non-hydrogen) atoms. The zero-order chi connectivity index (χ0) is 28.6. The maximum atomic E-state index is 13.4. The third kappa shape index (κ3) is 7.20. The number of hydrogen-bond acceptors (Lipinski definition) is 7. The molecule has 0 fully saturated rings. The Balaban J connectivity index is 1.66. The summed E-state index contributed by atoms with van der Waals surface area (Å²) in [7, 11) is 1.59. The average Bonchev–Trinajstić information content (AvgIpc) is 2.95. The van der Waals surface area contributed by atoms with Gasteiger partial charge < -0.3 is 15.8 Å². The Morgan fingerprint density at radius 2 is 1.82 bits per heavy atom. The van der Waals surface area contributed by atoms with Crippen molar-refractivity contribution in [3.63, 3.8) is 0 Å². The summed E-state index contributed by atoms with van der Waals surface area (Å²) >= 11 is 12.0. The van der Waals surface area contributed by atoms with E-state index in [-0.39, 0.29) is 24.0 Å². The van der Waals surface area contributed by atoms with Gasteiger partial charge in [0, 0.05) is 29.6 Å². The van der Waals surface area contributed by atoms with Gasteiger partial charge in [-0.1, -0.05) is 65.7 Å². The number of aromatic nitrogens is 2. The van der Waals surface area contributed by atoms with Gasteiger partial charge in [-0.3, -0.25) is 19.2 Å². The molecule has 1 aromatic heterocycles. The highest BCUT2D eigenvalue weighted by atomic mass is 35.5. The van der Waals surface area contributed by atoms with Crippen LogP contribution in [-0.2, 0) is 17.8 Å². The van der Waals surface area contributed by atoms with Crippen molar-refractivity contribution < 1.29 is 9.53 Å². The van der Waals surface area contributed by atoms with Crippen molar-refractivity contribution in [1.29, 1.82) is 0 Å². The van der Waals surface area contributed by atoms with Crippen LogP contribution in [0.1, 0.15) is 17.2 Å². The lowest BCUT2D eigenvalue weighted by Crippen LogP contribution is -2.38. The van der Waals surface area contributed by atoms with Gasteiger partial charge in [0.1, 0.15) is 16.9 Å². The number of nitrogens with one attached hydrogen (secondary N) is 1. The Morgan fingerprint density at radius 1 is 1.10 bits per heavy atom. The molecule has 1 amide bonds. The number of methoxy groups -OCH3 is 1. The Kier molecular flexibility index (Phi) is 9.44. The third-order valence-electron chi connectivity index (χ3n) is 6.15. The first-order chi connectivity index (χ1) is 19.2. The number of halogens is 2. The van der Waals surface area contributed by atoms with E-state index in [0.717, 1.165) is 16.9 Å². The van der Waals surface area contributed by atoms with E-state index >= 15 is 0 Å². The zero-order valence-corrected chi connectivity index (χ0v) is 23.1. The van der Waals surface area contributed by atoms with Crippen molar-refractivity contribution >= 4 is 34.8 Å². The Labute approximate surface area is 241 Å². The van der Waals surface area contributed by atoms with Gasteiger partial charge in [-0.15, -0.1) is 0 Å². The molecule has 11 heteroatoms. The average molecular weight is 579 g/mol. The van der Waals surface area contributed by atoms with Gasteiger partial charge in [-0.05, 0) is 41.5 Å². The van der Waals surface area contributed by atoms with Crippen LogP contribution in [0.25, 0.3) is 11.3 Å². The smallest absolute Gasteiger partial charge is 0.254 e. The van der Waals surface area contributed by atoms with Gasteiger partial charge in [-0.2, -0.15) is 0 Å². The van der Waals surface area contributed by atoms with E-state index in [9.17, 15) is 9.59 Å². The number of benzene rings is 3. The second-order valence-corrected chi connectivity index (χ2v) is 9.75. The summed E-state index contributed by atoms with van der Waals surface area (Å²) in [5, 5.41) is 4.54. The molecule has 0 spiro atoms. The molecule has 0 saturated carbocycles. The van der Waals surface area contributed by atoms with Crippen molar-refractivity contribution in [3.8, 4) is 17.0 Å². The van der Waals surface area contributed by atoms with Crippen LogP contribution in [-0.4, -0.2) is 22.6 Å². The fourth-order valence-electron chi connectivity index (χ4n) is 4.14. The number of hydrazine groups is 1. The number of anilines is 1. The van der Waals surface area contributed by atoms with Crippen molar-refractivity contribution in [2.75, 3.05) is 12.1 Å². The molecular weight excluding hydrogens is 551 g/mol. The highest BCUT2D eigenvalue weighted by Gasteiger charge is 2.23. The summed E-state index contributed by atoms with van der Waals surface area (Å²) in [4.78, 5) is 31.4. The largest absolute Gasteiger partial charge is 0.497 e. The lowest BCUT2D eigenvalue weighted by atomic mass is 10.0. The van der Waals surface area contributed by atoms with Gasteiger partial charge in [-0.25, -0.2) is 10.8 Å². The van der Waals surface area contributed by atoms with Crippen LogP contribution in [0.15, 0.2) is 101 Å². The summed E-state index contributed by atoms with van der Waals surface area (Å²) in [6, 6.07) is 22.3. The van der Waals surface area contributed by atoms with Crippen molar-refractivity contribution in [3.05, 3.63) is 123 Å². The number of amides is 1. The molecule has 0 aliphatic carbocycles. The second kappa shape index (κ2) is 13.2. The normalized spacial score (nSPS) is 12.1. The molecule has 1 atom stereocenters. The van der Waals surface area contributed by atoms with E-state index < -0.39 is 11.6 Å². The van der Waals surface area contributed by atoms with E-state index in [0.29, 0.717) is 22.0 Å². The fourth-order valence-corrected chi connectivity index (χ4v) is 4.41. The van der Waals surface area contributed by atoms with Crippen molar-refractivity contribution in [1.82, 2.24) is 14.9 Å². The molecule has 4 rings (SSSR count). The molecule has 206 valence electrons. The van der Waals surface area contributed by atoms with Gasteiger partial charge in [0.15, 0.2) is 0 Å². The summed E-state index contributed by atoms with van der Waals surface area (Å²) in [5.41, 5.74) is 8.18. The molecule has 0 bridgehead atoms. The lowest BCUT2D eigenvalue weighted by Gasteiger charge is -2.21. The summed E-state index contributed by atoms with van der Waals surface area (Å²) in [6.07, 6.45) is 2.96. The van der Waals surface area contributed by atoms with Crippen LogP contribution in [0.3, 0.4) is 0 Å². The van der Waals surface area contributed by atoms with Crippen LogP contribution in [0, 0.1) is 0 Å². The molecule has 4 aromatic rings. The second-order valence-electron chi connectivity index (χ2n) is 8.87. The van der Waals surface area contributed by atoms with E-state index in [1.807, 2.05) is 54.6 Å². The Morgan fingerprint density at radius 3 is 2.48 bits per heavy atom. The lowest BCUT2D eigenvalue weighted by molar-refractivity contribution is -0.124. The van der Waals surface area contributed by atoms with E-state index in [4.69, 9.17) is 39.5 Å². The number of nitrogens with zero attached hydrogens (tertiary/aromatic N) is 3. The molecule has 0 aliphatic rings. The quantitative estimate of drug-likeness (QED) is 0.145. The monoisotopic (exact) mass is 578 g/mol. The van der Waals surface area contributed by atoms with Crippen LogP contribution < -0.4 is 32.2 Å². The predicted molar refractivity (Wildman–Crippen MR) is 158 cm³/mol. The highest BCUT2D eigenvalue weighted by molar-refractivity contribution is 6.31. The molecular formula is C29H28Cl2N6O3. The third-order valence-corrected chi connectivity index (χ3v) is 6.48. The number of carbonyl (C=O) groups excluding carboxylic acids is 1. The molecule has 9 nitrogen and oxygen atoms in total. The summed E-state index contributed by atoms with van der Waals surface area (Å²) in [6.45, 7) is 0.282. The number of nitrogens with two attached hydrogens (primary N) is 2. The van der Waals surface area contributed by atoms with E-state index in [1.165, 1.54) is 28.2 Å². The van der Waals surface area contributed by atoms with Gasteiger partial charge in [0.05, 0.1) is 31.0 Å². The van der Waals surface area contributed by atoms with Crippen LogP contribution >= 0.6 is 23.2 Å². The van der Waals surface area contributed by atoms with Crippen molar-refractivity contribution in [2.24, 2.45) is 11.6 Å². The first-order valence-electron chi connectivity index (χ1n) is 12.2. The van der Waals surface area contributed by atoms with Crippen LogP contribution in [0.2, 0.25) is 5.02 Å². The molecule has 1 heterocycles. The molecule has 0 aliphatic heterocycles. The number of hydrogen-bond donors (Lipinski definition) is 3. The molecule has 5 N–H and O–H groups in total. The molecule has 0 radical (unpaired) electrons.